The zero-order chi connectivity index (χ0) is 14.1. The largest absolute Gasteiger partial charge is 0.491 e. The van der Waals surface area contributed by atoms with Crippen LogP contribution in [0.1, 0.15) is 18.2 Å². The molecule has 3 rings (SSSR count). The fraction of sp³-hybridized carbons (Fsp3) is 0.357. The Kier molecular flexibility index (Phi) is 3.31. The lowest BCUT2D eigenvalue weighted by atomic mass is 10.1. The van der Waals surface area contributed by atoms with Crippen LogP contribution < -0.4 is 10.5 Å². The van der Waals surface area contributed by atoms with Gasteiger partial charge in [0, 0.05) is 18.1 Å². The number of aromatic nitrogens is 2. The summed E-state index contributed by atoms with van der Waals surface area (Å²) in [5.74, 6) is 0.279. The van der Waals surface area contributed by atoms with E-state index in [4.69, 9.17) is 15.2 Å². The summed E-state index contributed by atoms with van der Waals surface area (Å²) in [6, 6.07) is 4.79. The number of halogens is 1. The number of benzene rings is 1. The number of anilines is 1. The molecule has 0 amide bonds. The van der Waals surface area contributed by atoms with Crippen LogP contribution in [0.2, 0.25) is 0 Å². The highest BCUT2D eigenvalue weighted by atomic mass is 19.1. The molecule has 20 heavy (non-hydrogen) atoms. The standard InChI is InChI=1S/C14H16FN3O2/c1-2-20-13-4-3-9(7-11(13)15)18-12-5-6-19-8-10(12)14(16)17-18/h3-4,7H,2,5-6,8H2,1H3,(H2,16,17). The Bertz CT molecular complexity index is 640. The van der Waals surface area contributed by atoms with Gasteiger partial charge < -0.3 is 15.2 Å². The fourth-order valence-corrected chi connectivity index (χ4v) is 2.37. The molecule has 0 bridgehead atoms. The first-order chi connectivity index (χ1) is 9.70. The molecule has 6 heteroatoms. The highest BCUT2D eigenvalue weighted by molar-refractivity contribution is 5.48. The van der Waals surface area contributed by atoms with E-state index in [9.17, 15) is 4.39 Å². The second-order valence-electron chi connectivity index (χ2n) is 4.57. The van der Waals surface area contributed by atoms with E-state index in [2.05, 4.69) is 5.10 Å². The zero-order valence-corrected chi connectivity index (χ0v) is 11.2. The lowest BCUT2D eigenvalue weighted by molar-refractivity contribution is 0.110. The Hall–Kier alpha value is -2.08. The molecule has 0 saturated heterocycles. The minimum absolute atomic E-state index is 0.244. The average Bonchev–Trinajstić information content (AvgIpc) is 2.79. The number of fused-ring (bicyclic) bond motifs is 1. The lowest BCUT2D eigenvalue weighted by Crippen LogP contribution is -2.13. The third kappa shape index (κ3) is 2.12. The van der Waals surface area contributed by atoms with Gasteiger partial charge in [0.15, 0.2) is 17.4 Å². The summed E-state index contributed by atoms with van der Waals surface area (Å²) in [6.45, 7) is 3.33. The van der Waals surface area contributed by atoms with Crippen LogP contribution in [0.5, 0.6) is 5.75 Å². The van der Waals surface area contributed by atoms with E-state index in [-0.39, 0.29) is 5.75 Å². The van der Waals surface area contributed by atoms with Gasteiger partial charge in [0.1, 0.15) is 0 Å². The first-order valence-electron chi connectivity index (χ1n) is 6.57. The SMILES string of the molecule is CCOc1ccc(-n2nc(N)c3c2CCOC3)cc1F. The summed E-state index contributed by atoms with van der Waals surface area (Å²) in [4.78, 5) is 0. The minimum atomic E-state index is -0.403. The number of rotatable bonds is 3. The Morgan fingerprint density at radius 1 is 1.50 bits per heavy atom. The molecule has 0 spiro atoms. The zero-order valence-electron chi connectivity index (χ0n) is 11.2. The molecule has 5 nitrogen and oxygen atoms in total. The highest BCUT2D eigenvalue weighted by Gasteiger charge is 2.21. The first-order valence-corrected chi connectivity index (χ1v) is 6.57. The van der Waals surface area contributed by atoms with Gasteiger partial charge in [-0.15, -0.1) is 0 Å². The third-order valence-corrected chi connectivity index (χ3v) is 3.31. The van der Waals surface area contributed by atoms with Crippen LogP contribution in [0, 0.1) is 5.82 Å². The fourth-order valence-electron chi connectivity index (χ4n) is 2.37. The van der Waals surface area contributed by atoms with Gasteiger partial charge in [0.2, 0.25) is 0 Å². The molecule has 0 radical (unpaired) electrons. The Morgan fingerprint density at radius 3 is 3.10 bits per heavy atom. The maximum Gasteiger partial charge on any atom is 0.167 e. The van der Waals surface area contributed by atoms with Crippen molar-refractivity contribution in [3.8, 4) is 11.4 Å². The van der Waals surface area contributed by atoms with Crippen molar-refractivity contribution < 1.29 is 13.9 Å². The van der Waals surface area contributed by atoms with Gasteiger partial charge in [-0.2, -0.15) is 5.10 Å². The smallest absolute Gasteiger partial charge is 0.167 e. The summed E-state index contributed by atoms with van der Waals surface area (Å²) in [7, 11) is 0. The van der Waals surface area contributed by atoms with Crippen molar-refractivity contribution in [2.75, 3.05) is 18.9 Å². The van der Waals surface area contributed by atoms with E-state index in [1.165, 1.54) is 6.07 Å². The van der Waals surface area contributed by atoms with Crippen molar-refractivity contribution in [3.05, 3.63) is 35.3 Å². The molecule has 0 atom stereocenters. The molecule has 1 aromatic heterocycles. The molecule has 2 aromatic rings. The van der Waals surface area contributed by atoms with E-state index >= 15 is 0 Å². The van der Waals surface area contributed by atoms with Crippen LogP contribution in [-0.4, -0.2) is 23.0 Å². The van der Waals surface area contributed by atoms with Crippen LogP contribution in [0.3, 0.4) is 0 Å². The molecule has 106 valence electrons. The molecule has 1 aliphatic heterocycles. The van der Waals surface area contributed by atoms with Crippen LogP contribution in [0.15, 0.2) is 18.2 Å². The Labute approximate surface area is 116 Å². The van der Waals surface area contributed by atoms with E-state index < -0.39 is 5.82 Å². The van der Waals surface area contributed by atoms with Crippen molar-refractivity contribution in [2.45, 2.75) is 20.0 Å². The predicted octanol–water partition coefficient (Wildman–Crippen LogP) is 2.06. The van der Waals surface area contributed by atoms with E-state index in [0.29, 0.717) is 37.7 Å². The molecule has 0 fully saturated rings. The van der Waals surface area contributed by atoms with E-state index in [1.54, 1.807) is 16.8 Å². The quantitative estimate of drug-likeness (QED) is 0.933. The van der Waals surface area contributed by atoms with E-state index in [0.717, 1.165) is 11.3 Å². The molecule has 1 aliphatic rings. The van der Waals surface area contributed by atoms with Gasteiger partial charge in [-0.25, -0.2) is 9.07 Å². The molecule has 1 aromatic carbocycles. The van der Waals surface area contributed by atoms with Gasteiger partial charge in [-0.05, 0) is 19.1 Å². The number of nitrogens with zero attached hydrogens (tertiary/aromatic N) is 2. The lowest BCUT2D eigenvalue weighted by Gasteiger charge is -2.15. The highest BCUT2D eigenvalue weighted by Crippen LogP contribution is 2.27. The van der Waals surface area contributed by atoms with Crippen LogP contribution in [-0.2, 0) is 17.8 Å². The van der Waals surface area contributed by atoms with Crippen molar-refractivity contribution in [2.24, 2.45) is 0 Å². The van der Waals surface area contributed by atoms with Crippen molar-refractivity contribution in [1.82, 2.24) is 9.78 Å². The molecular weight excluding hydrogens is 261 g/mol. The maximum atomic E-state index is 13.9. The Morgan fingerprint density at radius 2 is 2.35 bits per heavy atom. The summed E-state index contributed by atoms with van der Waals surface area (Å²) >= 11 is 0. The van der Waals surface area contributed by atoms with Crippen LogP contribution >= 0.6 is 0 Å². The first kappa shape index (κ1) is 12.9. The number of hydrogen-bond acceptors (Lipinski definition) is 4. The number of hydrogen-bond donors (Lipinski definition) is 1. The molecule has 2 N–H and O–H groups in total. The number of nitrogen functional groups attached to an aromatic ring is 1. The van der Waals surface area contributed by atoms with Crippen molar-refractivity contribution in [3.63, 3.8) is 0 Å². The van der Waals surface area contributed by atoms with Gasteiger partial charge in [-0.1, -0.05) is 0 Å². The normalized spacial score (nSPS) is 14.1. The van der Waals surface area contributed by atoms with Crippen molar-refractivity contribution >= 4 is 5.82 Å². The summed E-state index contributed by atoms with van der Waals surface area (Å²) in [5.41, 5.74) is 8.40. The number of nitrogens with two attached hydrogens (primary N) is 1. The minimum Gasteiger partial charge on any atom is -0.491 e. The third-order valence-electron chi connectivity index (χ3n) is 3.31. The van der Waals surface area contributed by atoms with Crippen molar-refractivity contribution in [1.29, 1.82) is 0 Å². The maximum absolute atomic E-state index is 13.9. The second kappa shape index (κ2) is 5.13. The van der Waals surface area contributed by atoms with Gasteiger partial charge in [0.25, 0.3) is 0 Å². The second-order valence-corrected chi connectivity index (χ2v) is 4.57. The Balaban J connectivity index is 2.03. The summed E-state index contributed by atoms with van der Waals surface area (Å²) < 4.78 is 26.2. The molecule has 2 heterocycles. The molecule has 0 aliphatic carbocycles. The summed E-state index contributed by atoms with van der Waals surface area (Å²) in [5, 5.41) is 4.29. The molecule has 0 saturated carbocycles. The van der Waals surface area contributed by atoms with Crippen LogP contribution in [0.25, 0.3) is 5.69 Å². The van der Waals surface area contributed by atoms with Crippen LogP contribution in [0.4, 0.5) is 10.2 Å². The molecule has 0 unspecified atom stereocenters. The van der Waals surface area contributed by atoms with Gasteiger partial charge >= 0.3 is 0 Å². The predicted molar refractivity (Wildman–Crippen MR) is 72.5 cm³/mol. The number of ether oxygens (including phenoxy) is 2. The average molecular weight is 277 g/mol. The van der Waals surface area contributed by atoms with Gasteiger partial charge in [0.05, 0.1) is 31.2 Å². The van der Waals surface area contributed by atoms with E-state index in [1.807, 2.05) is 6.92 Å². The monoisotopic (exact) mass is 277 g/mol. The summed E-state index contributed by atoms with van der Waals surface area (Å²) in [6.07, 6.45) is 0.717. The van der Waals surface area contributed by atoms with Gasteiger partial charge in [-0.3, -0.25) is 0 Å². The topological polar surface area (TPSA) is 62.3 Å². The molecular formula is C14H16FN3O2.